The van der Waals surface area contributed by atoms with Crippen LogP contribution in [0.25, 0.3) is 0 Å². The zero-order valence-electron chi connectivity index (χ0n) is 14.3. The summed E-state index contributed by atoms with van der Waals surface area (Å²) in [6.07, 6.45) is 3.50. The molecule has 0 saturated carbocycles. The molecule has 24 heavy (non-hydrogen) atoms. The van der Waals surface area contributed by atoms with Gasteiger partial charge in [-0.05, 0) is 54.0 Å². The van der Waals surface area contributed by atoms with E-state index < -0.39 is 0 Å². The van der Waals surface area contributed by atoms with Gasteiger partial charge in [-0.2, -0.15) is 0 Å². The lowest BCUT2D eigenvalue weighted by molar-refractivity contribution is 0.0713. The van der Waals surface area contributed by atoms with Crippen LogP contribution >= 0.6 is 0 Å². The van der Waals surface area contributed by atoms with Crippen LogP contribution in [0.1, 0.15) is 60.0 Å². The van der Waals surface area contributed by atoms with Gasteiger partial charge in [-0.1, -0.05) is 26.0 Å². The molecule has 4 nitrogen and oxygen atoms in total. The van der Waals surface area contributed by atoms with Crippen LogP contribution in [-0.2, 0) is 0 Å². The number of rotatable bonds is 3. The van der Waals surface area contributed by atoms with Gasteiger partial charge in [0.05, 0.1) is 0 Å². The minimum atomic E-state index is -0.0588. The van der Waals surface area contributed by atoms with Gasteiger partial charge >= 0.3 is 0 Å². The lowest BCUT2D eigenvalue weighted by atomic mass is 9.89. The molecule has 0 radical (unpaired) electrons. The number of nitrogens with one attached hydrogen (secondary N) is 1. The van der Waals surface area contributed by atoms with Crippen LogP contribution in [0.5, 0.6) is 0 Å². The topological polar surface area (TPSA) is 53.2 Å². The molecule has 0 atom stereocenters. The summed E-state index contributed by atoms with van der Waals surface area (Å²) in [5.41, 5.74) is 2.99. The Morgan fingerprint density at radius 3 is 2.58 bits per heavy atom. The second-order valence-corrected chi connectivity index (χ2v) is 6.83. The van der Waals surface area contributed by atoms with Crippen LogP contribution < -0.4 is 5.56 Å². The number of pyridine rings is 1. The minimum absolute atomic E-state index is 0.0588. The molecule has 126 valence electrons. The van der Waals surface area contributed by atoms with Crippen molar-refractivity contribution >= 4 is 5.91 Å². The fourth-order valence-electron chi connectivity index (χ4n) is 3.34. The highest BCUT2D eigenvalue weighted by Gasteiger charge is 2.24. The Hall–Kier alpha value is -2.36. The van der Waals surface area contributed by atoms with Crippen LogP contribution in [0.2, 0.25) is 0 Å². The van der Waals surface area contributed by atoms with Crippen LogP contribution in [0.3, 0.4) is 0 Å². The first kappa shape index (κ1) is 16.5. The smallest absolute Gasteiger partial charge is 0.253 e. The molecule has 0 spiro atoms. The molecular formula is C20H24N2O2. The van der Waals surface area contributed by atoms with Gasteiger partial charge in [-0.15, -0.1) is 0 Å². The van der Waals surface area contributed by atoms with E-state index in [-0.39, 0.29) is 11.5 Å². The number of H-pyrrole nitrogens is 1. The number of likely N-dealkylation sites (tertiary alicyclic amines) is 1. The molecular weight excluding hydrogens is 300 g/mol. The molecule has 1 aliphatic rings. The molecule has 1 N–H and O–H groups in total. The van der Waals surface area contributed by atoms with E-state index in [0.29, 0.717) is 11.8 Å². The lowest BCUT2D eigenvalue weighted by Crippen LogP contribution is -2.38. The standard InChI is InChI=1S/C20H24N2O2/c1-14(2)16-4-3-5-18(12-16)20(24)22-10-7-15(8-11-22)17-6-9-21-19(23)13-17/h3-6,9,12-15H,7-8,10-11H2,1-2H3,(H,21,23). The normalized spacial score (nSPS) is 15.7. The summed E-state index contributed by atoms with van der Waals surface area (Å²) in [7, 11) is 0. The van der Waals surface area contributed by atoms with Gasteiger partial charge < -0.3 is 9.88 Å². The summed E-state index contributed by atoms with van der Waals surface area (Å²) < 4.78 is 0. The van der Waals surface area contributed by atoms with Gasteiger partial charge in [-0.25, -0.2) is 0 Å². The molecule has 1 saturated heterocycles. The van der Waals surface area contributed by atoms with E-state index in [1.165, 1.54) is 5.56 Å². The Labute approximate surface area is 142 Å². The molecule has 1 amide bonds. The predicted octanol–water partition coefficient (Wildman–Crippen LogP) is 3.52. The van der Waals surface area contributed by atoms with Gasteiger partial charge in [0.25, 0.3) is 5.91 Å². The van der Waals surface area contributed by atoms with E-state index in [0.717, 1.165) is 37.1 Å². The number of nitrogens with zero attached hydrogens (tertiary/aromatic N) is 1. The molecule has 1 aromatic carbocycles. The zero-order valence-corrected chi connectivity index (χ0v) is 14.3. The molecule has 0 bridgehead atoms. The maximum absolute atomic E-state index is 12.7. The molecule has 3 rings (SSSR count). The number of piperidine rings is 1. The number of aromatic nitrogens is 1. The van der Waals surface area contributed by atoms with Crippen molar-refractivity contribution in [3.8, 4) is 0 Å². The van der Waals surface area contributed by atoms with Crippen LogP contribution in [0.15, 0.2) is 47.4 Å². The predicted molar refractivity (Wildman–Crippen MR) is 95.5 cm³/mol. The van der Waals surface area contributed by atoms with Gasteiger partial charge in [0, 0.05) is 30.9 Å². The number of aromatic amines is 1. The number of carbonyl (C=O) groups excluding carboxylic acids is 1. The van der Waals surface area contributed by atoms with Gasteiger partial charge in [0.15, 0.2) is 0 Å². The van der Waals surface area contributed by atoms with Crippen LogP contribution in [0.4, 0.5) is 0 Å². The molecule has 2 aromatic rings. The fraction of sp³-hybridized carbons (Fsp3) is 0.400. The molecule has 1 aromatic heterocycles. The highest BCUT2D eigenvalue weighted by atomic mass is 16.2. The zero-order chi connectivity index (χ0) is 17.1. The number of hydrogen-bond acceptors (Lipinski definition) is 2. The Balaban J connectivity index is 1.67. The lowest BCUT2D eigenvalue weighted by Gasteiger charge is -2.32. The van der Waals surface area contributed by atoms with E-state index in [9.17, 15) is 9.59 Å². The second kappa shape index (κ2) is 7.04. The number of benzene rings is 1. The van der Waals surface area contributed by atoms with Gasteiger partial charge in [0.1, 0.15) is 0 Å². The van der Waals surface area contributed by atoms with Crippen LogP contribution in [0, 0.1) is 0 Å². The maximum atomic E-state index is 12.7. The van der Waals surface area contributed by atoms with Crippen molar-refractivity contribution in [3.63, 3.8) is 0 Å². The summed E-state index contributed by atoms with van der Waals surface area (Å²) in [6.45, 7) is 5.75. The number of hydrogen-bond donors (Lipinski definition) is 1. The maximum Gasteiger partial charge on any atom is 0.253 e. The molecule has 1 aliphatic heterocycles. The molecule has 2 heterocycles. The van der Waals surface area contributed by atoms with E-state index >= 15 is 0 Å². The fourth-order valence-corrected chi connectivity index (χ4v) is 3.34. The third-order valence-corrected chi connectivity index (χ3v) is 4.85. The molecule has 4 heteroatoms. The summed E-state index contributed by atoms with van der Waals surface area (Å²) in [6, 6.07) is 11.6. The van der Waals surface area contributed by atoms with E-state index in [1.807, 2.05) is 29.2 Å². The first-order valence-corrected chi connectivity index (χ1v) is 8.62. The average Bonchev–Trinajstić information content (AvgIpc) is 2.61. The third kappa shape index (κ3) is 3.58. The highest BCUT2D eigenvalue weighted by Crippen LogP contribution is 2.28. The highest BCUT2D eigenvalue weighted by molar-refractivity contribution is 5.94. The van der Waals surface area contributed by atoms with Crippen LogP contribution in [-0.4, -0.2) is 28.9 Å². The van der Waals surface area contributed by atoms with E-state index in [1.54, 1.807) is 12.3 Å². The van der Waals surface area contributed by atoms with Crippen molar-refractivity contribution in [1.29, 1.82) is 0 Å². The molecule has 0 aliphatic carbocycles. The van der Waals surface area contributed by atoms with Crippen molar-refractivity contribution in [2.45, 2.75) is 38.5 Å². The molecule has 1 fully saturated rings. The average molecular weight is 324 g/mol. The first-order valence-electron chi connectivity index (χ1n) is 8.62. The van der Waals surface area contributed by atoms with Crippen molar-refractivity contribution in [2.24, 2.45) is 0 Å². The molecule has 0 unspecified atom stereocenters. The number of carbonyl (C=O) groups is 1. The Kier molecular flexibility index (Phi) is 4.84. The Morgan fingerprint density at radius 1 is 1.17 bits per heavy atom. The minimum Gasteiger partial charge on any atom is -0.339 e. The van der Waals surface area contributed by atoms with E-state index in [2.05, 4.69) is 24.9 Å². The summed E-state index contributed by atoms with van der Waals surface area (Å²) in [5.74, 6) is 0.889. The third-order valence-electron chi connectivity index (χ3n) is 4.85. The quantitative estimate of drug-likeness (QED) is 0.939. The van der Waals surface area contributed by atoms with Crippen molar-refractivity contribution in [3.05, 3.63) is 69.6 Å². The summed E-state index contributed by atoms with van der Waals surface area (Å²) >= 11 is 0. The van der Waals surface area contributed by atoms with Crippen molar-refractivity contribution in [1.82, 2.24) is 9.88 Å². The SMILES string of the molecule is CC(C)c1cccc(C(=O)N2CCC(c3cc[nH]c(=O)c3)CC2)c1. The monoisotopic (exact) mass is 324 g/mol. The van der Waals surface area contributed by atoms with E-state index in [4.69, 9.17) is 0 Å². The largest absolute Gasteiger partial charge is 0.339 e. The number of amides is 1. The second-order valence-electron chi connectivity index (χ2n) is 6.83. The Bertz CT molecular complexity index is 771. The van der Waals surface area contributed by atoms with Crippen molar-refractivity contribution in [2.75, 3.05) is 13.1 Å². The Morgan fingerprint density at radius 2 is 1.92 bits per heavy atom. The van der Waals surface area contributed by atoms with Crippen molar-refractivity contribution < 1.29 is 4.79 Å². The summed E-state index contributed by atoms with van der Waals surface area (Å²) in [4.78, 5) is 28.8. The first-order chi connectivity index (χ1) is 11.5. The van der Waals surface area contributed by atoms with Gasteiger partial charge in [-0.3, -0.25) is 9.59 Å². The van der Waals surface area contributed by atoms with Gasteiger partial charge in [0.2, 0.25) is 5.56 Å². The summed E-state index contributed by atoms with van der Waals surface area (Å²) in [5, 5.41) is 0.